The Morgan fingerprint density at radius 1 is 1.37 bits per heavy atom. The molecule has 100 valence electrons. The molecule has 0 unspecified atom stereocenters. The molecule has 19 heavy (non-hydrogen) atoms. The minimum atomic E-state index is 0.420. The summed E-state index contributed by atoms with van der Waals surface area (Å²) in [7, 11) is 0. The van der Waals surface area contributed by atoms with E-state index in [2.05, 4.69) is 25.5 Å². The van der Waals surface area contributed by atoms with Gasteiger partial charge < -0.3 is 10.1 Å². The summed E-state index contributed by atoms with van der Waals surface area (Å²) in [5.74, 6) is 1.55. The first-order chi connectivity index (χ1) is 9.42. The third kappa shape index (κ3) is 3.15. The maximum atomic E-state index is 5.43. The van der Waals surface area contributed by atoms with Crippen LogP contribution in [0.5, 0.6) is 0 Å². The quantitative estimate of drug-likeness (QED) is 0.861. The lowest BCUT2D eigenvalue weighted by atomic mass is 10.1. The third-order valence-corrected chi connectivity index (χ3v) is 3.19. The summed E-state index contributed by atoms with van der Waals surface area (Å²) in [4.78, 5) is 8.45. The number of hydrogen-bond acceptors (Lipinski definition) is 5. The van der Waals surface area contributed by atoms with Gasteiger partial charge in [0.15, 0.2) is 5.82 Å². The highest BCUT2D eigenvalue weighted by Crippen LogP contribution is 2.12. The van der Waals surface area contributed by atoms with Crippen molar-refractivity contribution in [1.82, 2.24) is 25.5 Å². The Bertz CT molecular complexity index is 507. The Morgan fingerprint density at radius 2 is 2.26 bits per heavy atom. The van der Waals surface area contributed by atoms with E-state index in [-0.39, 0.29) is 0 Å². The van der Waals surface area contributed by atoms with Gasteiger partial charge in [0, 0.05) is 30.6 Å². The van der Waals surface area contributed by atoms with E-state index in [1.165, 1.54) is 0 Å². The van der Waals surface area contributed by atoms with Gasteiger partial charge in [-0.1, -0.05) is 0 Å². The first kappa shape index (κ1) is 12.3. The van der Waals surface area contributed by atoms with Crippen molar-refractivity contribution in [2.75, 3.05) is 13.2 Å². The standard InChI is InChI=1S/C13H17N5O/c1-2-11(9-19-7-1)15-8-12-16-13(18-17-12)10-3-5-14-6-4-10/h3-6,11,15H,1-2,7-9H2,(H,16,17,18)/t11-/m1/s1. The average molecular weight is 259 g/mol. The minimum Gasteiger partial charge on any atom is -0.380 e. The van der Waals surface area contributed by atoms with E-state index in [0.29, 0.717) is 18.4 Å². The summed E-state index contributed by atoms with van der Waals surface area (Å²) >= 11 is 0. The zero-order chi connectivity index (χ0) is 12.9. The Labute approximate surface area is 111 Å². The number of H-pyrrole nitrogens is 1. The monoisotopic (exact) mass is 259 g/mol. The van der Waals surface area contributed by atoms with Crippen molar-refractivity contribution in [1.29, 1.82) is 0 Å². The first-order valence-electron chi connectivity index (χ1n) is 6.54. The number of rotatable bonds is 4. The summed E-state index contributed by atoms with van der Waals surface area (Å²) in [5, 5.41) is 10.6. The van der Waals surface area contributed by atoms with Crippen molar-refractivity contribution in [2.24, 2.45) is 0 Å². The lowest BCUT2D eigenvalue weighted by Gasteiger charge is -2.22. The zero-order valence-electron chi connectivity index (χ0n) is 10.7. The topological polar surface area (TPSA) is 75.7 Å². The van der Waals surface area contributed by atoms with Crippen molar-refractivity contribution in [3.05, 3.63) is 30.4 Å². The molecule has 0 aromatic carbocycles. The van der Waals surface area contributed by atoms with Crippen LogP contribution in [0.15, 0.2) is 24.5 Å². The molecular weight excluding hydrogens is 242 g/mol. The normalized spacial score (nSPS) is 19.5. The second-order valence-corrected chi connectivity index (χ2v) is 4.64. The van der Waals surface area contributed by atoms with E-state index in [1.807, 2.05) is 12.1 Å². The predicted octanol–water partition coefficient (Wildman–Crippen LogP) is 1.14. The fourth-order valence-electron chi connectivity index (χ4n) is 2.15. The van der Waals surface area contributed by atoms with Gasteiger partial charge in [0.25, 0.3) is 0 Å². The molecule has 2 aromatic rings. The van der Waals surface area contributed by atoms with E-state index in [4.69, 9.17) is 4.74 Å². The Morgan fingerprint density at radius 3 is 3.05 bits per heavy atom. The van der Waals surface area contributed by atoms with Crippen LogP contribution < -0.4 is 5.32 Å². The van der Waals surface area contributed by atoms with Gasteiger partial charge in [0.2, 0.25) is 0 Å². The van der Waals surface area contributed by atoms with E-state index in [9.17, 15) is 0 Å². The van der Waals surface area contributed by atoms with Gasteiger partial charge in [-0.2, -0.15) is 5.10 Å². The Hall–Kier alpha value is -1.79. The molecule has 1 aliphatic rings. The first-order valence-corrected chi connectivity index (χ1v) is 6.54. The van der Waals surface area contributed by atoms with Crippen LogP contribution in [0, 0.1) is 0 Å². The van der Waals surface area contributed by atoms with E-state index in [1.54, 1.807) is 12.4 Å². The highest BCUT2D eigenvalue weighted by molar-refractivity contribution is 5.52. The van der Waals surface area contributed by atoms with Crippen molar-refractivity contribution >= 4 is 0 Å². The molecule has 0 amide bonds. The van der Waals surface area contributed by atoms with Crippen LogP contribution in [0.1, 0.15) is 18.7 Å². The lowest BCUT2D eigenvalue weighted by molar-refractivity contribution is 0.0697. The molecular formula is C13H17N5O. The molecule has 0 spiro atoms. The summed E-state index contributed by atoms with van der Waals surface area (Å²) < 4.78 is 5.43. The highest BCUT2D eigenvalue weighted by atomic mass is 16.5. The van der Waals surface area contributed by atoms with Crippen molar-refractivity contribution in [3.8, 4) is 11.4 Å². The average Bonchev–Trinajstić information content (AvgIpc) is 2.96. The van der Waals surface area contributed by atoms with Gasteiger partial charge in [-0.15, -0.1) is 0 Å². The van der Waals surface area contributed by atoms with Crippen molar-refractivity contribution < 1.29 is 4.74 Å². The molecule has 2 aromatic heterocycles. The predicted molar refractivity (Wildman–Crippen MR) is 70.3 cm³/mol. The van der Waals surface area contributed by atoms with Gasteiger partial charge in [-0.25, -0.2) is 4.98 Å². The Kier molecular flexibility index (Phi) is 3.81. The summed E-state index contributed by atoms with van der Waals surface area (Å²) in [6, 6.07) is 4.22. The number of nitrogens with one attached hydrogen (secondary N) is 2. The van der Waals surface area contributed by atoms with Crippen LogP contribution in [0.2, 0.25) is 0 Å². The van der Waals surface area contributed by atoms with Crippen LogP contribution in [-0.4, -0.2) is 39.4 Å². The van der Waals surface area contributed by atoms with Crippen LogP contribution >= 0.6 is 0 Å². The number of nitrogens with zero attached hydrogens (tertiary/aromatic N) is 3. The van der Waals surface area contributed by atoms with Crippen molar-refractivity contribution in [3.63, 3.8) is 0 Å². The molecule has 1 fully saturated rings. The molecule has 1 saturated heterocycles. The maximum absolute atomic E-state index is 5.43. The van der Waals surface area contributed by atoms with Gasteiger partial charge >= 0.3 is 0 Å². The molecule has 3 rings (SSSR count). The number of aromatic nitrogens is 4. The van der Waals surface area contributed by atoms with Crippen LogP contribution in [0.4, 0.5) is 0 Å². The third-order valence-electron chi connectivity index (χ3n) is 3.19. The molecule has 0 saturated carbocycles. The molecule has 1 atom stereocenters. The second-order valence-electron chi connectivity index (χ2n) is 4.64. The summed E-state index contributed by atoms with van der Waals surface area (Å²) in [5.41, 5.74) is 0.971. The SMILES string of the molecule is c1cc(-c2n[nH]c(CN[C@@H]3CCCOC3)n2)ccn1. The molecule has 0 radical (unpaired) electrons. The van der Waals surface area contributed by atoms with Gasteiger partial charge in [-0.3, -0.25) is 10.1 Å². The minimum absolute atomic E-state index is 0.420. The van der Waals surface area contributed by atoms with E-state index < -0.39 is 0 Å². The molecule has 0 aliphatic carbocycles. The molecule has 0 bridgehead atoms. The van der Waals surface area contributed by atoms with Gasteiger partial charge in [0.05, 0.1) is 13.2 Å². The highest BCUT2D eigenvalue weighted by Gasteiger charge is 2.14. The number of pyridine rings is 1. The largest absolute Gasteiger partial charge is 0.380 e. The fraction of sp³-hybridized carbons (Fsp3) is 0.462. The number of ether oxygens (including phenoxy) is 1. The van der Waals surface area contributed by atoms with E-state index >= 15 is 0 Å². The lowest BCUT2D eigenvalue weighted by Crippen LogP contribution is -2.36. The van der Waals surface area contributed by atoms with Crippen LogP contribution in [0.25, 0.3) is 11.4 Å². The molecule has 6 nitrogen and oxygen atoms in total. The van der Waals surface area contributed by atoms with Gasteiger partial charge in [-0.05, 0) is 25.0 Å². The molecule has 6 heteroatoms. The van der Waals surface area contributed by atoms with Crippen LogP contribution in [0.3, 0.4) is 0 Å². The fourth-order valence-corrected chi connectivity index (χ4v) is 2.15. The van der Waals surface area contributed by atoms with Crippen LogP contribution in [-0.2, 0) is 11.3 Å². The number of aromatic amines is 1. The Balaban J connectivity index is 1.59. The summed E-state index contributed by atoms with van der Waals surface area (Å²) in [6.07, 6.45) is 5.76. The smallest absolute Gasteiger partial charge is 0.181 e. The zero-order valence-corrected chi connectivity index (χ0v) is 10.7. The number of hydrogen-bond donors (Lipinski definition) is 2. The van der Waals surface area contributed by atoms with Gasteiger partial charge in [0.1, 0.15) is 5.82 Å². The second kappa shape index (κ2) is 5.90. The molecule has 2 N–H and O–H groups in total. The molecule has 1 aliphatic heterocycles. The molecule has 3 heterocycles. The van der Waals surface area contributed by atoms with E-state index in [0.717, 1.165) is 37.4 Å². The maximum Gasteiger partial charge on any atom is 0.181 e. The summed E-state index contributed by atoms with van der Waals surface area (Å²) in [6.45, 7) is 2.35. The van der Waals surface area contributed by atoms with Crippen molar-refractivity contribution in [2.45, 2.75) is 25.4 Å².